The molecule has 2 bridgehead atoms. The molecule has 16 heteroatoms. The number of rotatable bonds is 6. The fourth-order valence-corrected chi connectivity index (χ4v) is 8.42. The van der Waals surface area contributed by atoms with Crippen molar-refractivity contribution >= 4 is 64.4 Å². The van der Waals surface area contributed by atoms with E-state index in [2.05, 4.69) is 5.32 Å². The van der Waals surface area contributed by atoms with E-state index in [-0.39, 0.29) is 10.6 Å². The number of carbonyl (C=O) groups is 1. The molecule has 7 nitrogen and oxygen atoms in total. The number of hydrogen-bond donors (Lipinski definition) is 4. The van der Waals surface area contributed by atoms with E-state index in [1.54, 1.807) is 0 Å². The smallest absolute Gasteiger partial charge is 0.255 e. The van der Waals surface area contributed by atoms with Crippen molar-refractivity contribution in [2.75, 3.05) is 5.32 Å². The van der Waals surface area contributed by atoms with Crippen LogP contribution in [0.5, 0.6) is 0 Å². The fourth-order valence-electron chi connectivity index (χ4n) is 6.18. The Labute approximate surface area is 245 Å². The summed E-state index contributed by atoms with van der Waals surface area (Å²) in [5.41, 5.74) is -2.97. The van der Waals surface area contributed by atoms with Gasteiger partial charge in [0.1, 0.15) is 6.10 Å². The molecule has 7 atom stereocenters. The SMILES string of the molecule is [B]C1([B])[C@@H]2C[C@]([B])(S(=O)(=O)c3cc(C(=O)Nc4cc(F)c(F)c(F)c4)ccc3Cl)C[C@H](C1([B])C)[C@@]2(O)C(O)C(C)O. The minimum atomic E-state index is -4.69. The molecule has 0 aromatic heterocycles. The highest BCUT2D eigenvalue weighted by Gasteiger charge is 2.73. The van der Waals surface area contributed by atoms with E-state index in [1.807, 2.05) is 0 Å². The number of carbonyl (C=O) groups excluding carboxylic acids is 1. The molecule has 2 aromatic rings. The minimum Gasteiger partial charge on any atom is -0.391 e. The van der Waals surface area contributed by atoms with Gasteiger partial charge in [0.15, 0.2) is 27.3 Å². The normalized spacial score (nSPS) is 32.3. The number of sulfone groups is 1. The molecule has 4 N–H and O–H groups in total. The Balaban J connectivity index is 1.74. The molecule has 0 saturated heterocycles. The Morgan fingerprint density at radius 1 is 1.05 bits per heavy atom. The summed E-state index contributed by atoms with van der Waals surface area (Å²) in [5.74, 6) is -8.62. The first kappa shape index (κ1) is 32.0. The zero-order chi connectivity index (χ0) is 31.1. The maximum atomic E-state index is 14.0. The van der Waals surface area contributed by atoms with Crippen molar-refractivity contribution in [1.82, 2.24) is 0 Å². The monoisotopic (exact) mass is 601 g/mol. The molecule has 2 fully saturated rings. The molecule has 2 aromatic carbocycles. The fraction of sp³-hybridized carbons (Fsp3) is 0.480. The Morgan fingerprint density at radius 2 is 1.59 bits per heavy atom. The number of nitrogens with one attached hydrogen (secondary N) is 1. The third kappa shape index (κ3) is 4.67. The first-order chi connectivity index (χ1) is 18.6. The molecule has 1 amide bonds. The summed E-state index contributed by atoms with van der Waals surface area (Å²) in [6.45, 7) is 2.60. The van der Waals surface area contributed by atoms with E-state index >= 15 is 0 Å². The van der Waals surface area contributed by atoms with Crippen LogP contribution in [0.1, 0.15) is 37.0 Å². The van der Waals surface area contributed by atoms with Gasteiger partial charge < -0.3 is 20.6 Å². The lowest BCUT2D eigenvalue weighted by atomic mass is 9.35. The molecular weight excluding hydrogens is 578 g/mol. The van der Waals surface area contributed by atoms with E-state index in [9.17, 15) is 41.7 Å². The maximum absolute atomic E-state index is 14.0. The van der Waals surface area contributed by atoms with Crippen LogP contribution in [0.2, 0.25) is 15.6 Å². The van der Waals surface area contributed by atoms with Gasteiger partial charge in [-0.1, -0.05) is 29.1 Å². The lowest BCUT2D eigenvalue weighted by Crippen LogP contribution is -2.63. The largest absolute Gasteiger partial charge is 0.391 e. The van der Waals surface area contributed by atoms with E-state index < -0.39 is 101 Å². The van der Waals surface area contributed by atoms with E-state index in [1.165, 1.54) is 13.8 Å². The molecular formula is C25H23B4ClF3NO6S. The zero-order valence-corrected chi connectivity index (χ0v) is 23.5. The summed E-state index contributed by atoms with van der Waals surface area (Å²) in [4.78, 5) is 12.2. The van der Waals surface area contributed by atoms with Crippen LogP contribution in [0, 0.1) is 29.3 Å². The molecule has 210 valence electrons. The molecule has 2 aliphatic rings. The second-order valence-corrected chi connectivity index (χ2v) is 13.9. The van der Waals surface area contributed by atoms with Crippen LogP contribution in [0.15, 0.2) is 35.2 Å². The van der Waals surface area contributed by atoms with Gasteiger partial charge in [0.25, 0.3) is 5.91 Å². The lowest BCUT2D eigenvalue weighted by Gasteiger charge is -2.52. The average molecular weight is 601 g/mol. The summed E-state index contributed by atoms with van der Waals surface area (Å²) in [6, 6.07) is 4.20. The van der Waals surface area contributed by atoms with Crippen molar-refractivity contribution in [3.8, 4) is 0 Å². The average Bonchev–Trinajstić information content (AvgIpc) is 2.92. The van der Waals surface area contributed by atoms with Crippen molar-refractivity contribution < 1.29 is 41.7 Å². The van der Waals surface area contributed by atoms with Crippen LogP contribution >= 0.6 is 11.6 Å². The van der Waals surface area contributed by atoms with Crippen LogP contribution in [0.3, 0.4) is 0 Å². The van der Waals surface area contributed by atoms with Gasteiger partial charge in [-0.15, -0.1) is 0 Å². The summed E-state index contributed by atoms with van der Waals surface area (Å²) < 4.78 is 66.3. The van der Waals surface area contributed by atoms with Crippen LogP contribution in [-0.4, -0.2) is 83.5 Å². The van der Waals surface area contributed by atoms with Gasteiger partial charge in [-0.25, -0.2) is 21.6 Å². The topological polar surface area (TPSA) is 124 Å². The number of benzene rings is 2. The lowest BCUT2D eigenvalue weighted by molar-refractivity contribution is -0.176. The quantitative estimate of drug-likeness (QED) is 0.297. The molecule has 41 heavy (non-hydrogen) atoms. The van der Waals surface area contributed by atoms with E-state index in [4.69, 9.17) is 43.0 Å². The van der Waals surface area contributed by atoms with E-state index in [0.29, 0.717) is 12.1 Å². The standard InChI is InChI=1S/C25H23B4ClF3NO6S/c1-10(35)20(36)24(38)17-8-23(27,9-18(24)25(28,29)22(17,2)26)41(39,40)16-5-11(3-4-13(16)30)21(37)34-12-6-14(31)19(33)15(32)7-12/h3-7,10,17-18,20,35-36,38H,8-9H2,1-2H3,(H,34,37)/t10?,17-,18-,20?,22?,23-,24+/m1/s1. The maximum Gasteiger partial charge on any atom is 0.255 e. The van der Waals surface area contributed by atoms with Crippen molar-refractivity contribution in [3.05, 3.63) is 58.4 Å². The third-order valence-electron chi connectivity index (χ3n) is 8.64. The number of halogens is 4. The third-order valence-corrected chi connectivity index (χ3v) is 11.4. The highest BCUT2D eigenvalue weighted by Crippen LogP contribution is 2.75. The predicted molar refractivity (Wildman–Crippen MR) is 149 cm³/mol. The summed E-state index contributed by atoms with van der Waals surface area (Å²) in [7, 11) is 21.0. The Kier molecular flexibility index (Phi) is 7.87. The van der Waals surface area contributed by atoms with Crippen molar-refractivity contribution in [2.24, 2.45) is 11.8 Å². The highest BCUT2D eigenvalue weighted by molar-refractivity contribution is 7.94. The Bertz CT molecular complexity index is 1480. The van der Waals surface area contributed by atoms with Crippen molar-refractivity contribution in [2.45, 2.75) is 64.6 Å². The van der Waals surface area contributed by atoms with Gasteiger partial charge >= 0.3 is 0 Å². The number of aliphatic hydroxyl groups is 3. The molecule has 0 heterocycles. The van der Waals surface area contributed by atoms with Gasteiger partial charge in [0.05, 0.1) is 53.0 Å². The number of anilines is 1. The Hall–Kier alpha value is -1.92. The van der Waals surface area contributed by atoms with Gasteiger partial charge in [0.2, 0.25) is 0 Å². The summed E-state index contributed by atoms with van der Waals surface area (Å²) >= 11 is 6.23. The van der Waals surface area contributed by atoms with Crippen LogP contribution in [0.4, 0.5) is 18.9 Å². The minimum absolute atomic E-state index is 0.308. The number of hydrogen-bond acceptors (Lipinski definition) is 6. The zero-order valence-electron chi connectivity index (χ0n) is 21.9. The molecule has 0 aliphatic heterocycles. The van der Waals surface area contributed by atoms with Gasteiger partial charge in [-0.2, -0.15) is 0 Å². The van der Waals surface area contributed by atoms with Crippen LogP contribution in [0.25, 0.3) is 0 Å². The molecule has 4 rings (SSSR count). The first-order valence-corrected chi connectivity index (χ1v) is 14.2. The highest BCUT2D eigenvalue weighted by atomic mass is 35.5. The second-order valence-electron chi connectivity index (χ2n) is 11.2. The first-order valence-electron chi connectivity index (χ1n) is 12.4. The molecule has 2 saturated carbocycles. The molecule has 8 radical (unpaired) electrons. The van der Waals surface area contributed by atoms with Gasteiger partial charge in [0, 0.05) is 28.0 Å². The predicted octanol–water partition coefficient (Wildman–Crippen LogP) is 1.96. The van der Waals surface area contributed by atoms with Crippen LogP contribution in [-0.2, 0) is 9.84 Å². The summed E-state index contributed by atoms with van der Waals surface area (Å²) in [5, 5.41) is 30.7. The van der Waals surface area contributed by atoms with Crippen molar-refractivity contribution in [3.63, 3.8) is 0 Å². The van der Waals surface area contributed by atoms with Crippen LogP contribution < -0.4 is 5.32 Å². The number of amides is 1. The molecule has 0 spiro atoms. The molecule has 3 unspecified atom stereocenters. The van der Waals surface area contributed by atoms with E-state index in [0.717, 1.165) is 18.2 Å². The van der Waals surface area contributed by atoms with Gasteiger partial charge in [-0.3, -0.25) is 4.79 Å². The number of aliphatic hydroxyl groups excluding tert-OH is 2. The summed E-state index contributed by atoms with van der Waals surface area (Å²) in [6.07, 6.45) is -4.47. The molecule has 2 aliphatic carbocycles. The van der Waals surface area contributed by atoms with Gasteiger partial charge in [-0.05, 0) is 49.8 Å². The van der Waals surface area contributed by atoms with Crippen molar-refractivity contribution in [1.29, 1.82) is 0 Å². The number of fused-ring (bicyclic) bond motifs is 2. The Morgan fingerprint density at radius 3 is 2.10 bits per heavy atom. The second kappa shape index (κ2) is 10.1.